The summed E-state index contributed by atoms with van der Waals surface area (Å²) in [5.41, 5.74) is 3.78. The van der Waals surface area contributed by atoms with Gasteiger partial charge in [-0.05, 0) is 40.0 Å². The monoisotopic (exact) mass is 528 g/mol. The number of benzene rings is 1. The SMILES string of the molecule is CCCCc1nc(Cl)c(C=O)n1Cc1ccc2nc(-c3ccccc3C(=O)OC)c(Br)n2c1. The summed E-state index contributed by atoms with van der Waals surface area (Å²) in [5, 5.41) is 0.225. The van der Waals surface area contributed by atoms with Crippen molar-refractivity contribution < 1.29 is 14.3 Å². The van der Waals surface area contributed by atoms with Crippen molar-refractivity contribution in [1.29, 1.82) is 0 Å². The number of carbonyl (C=O) groups excluding carboxylic acids is 2. The van der Waals surface area contributed by atoms with Gasteiger partial charge in [-0.15, -0.1) is 0 Å². The Balaban J connectivity index is 1.76. The van der Waals surface area contributed by atoms with Crippen molar-refractivity contribution in [2.75, 3.05) is 7.11 Å². The lowest BCUT2D eigenvalue weighted by molar-refractivity contribution is 0.0601. The van der Waals surface area contributed by atoms with Gasteiger partial charge in [-0.2, -0.15) is 0 Å². The van der Waals surface area contributed by atoms with Crippen LogP contribution in [0.3, 0.4) is 0 Å². The minimum Gasteiger partial charge on any atom is -0.465 e. The number of halogens is 2. The molecule has 3 heterocycles. The van der Waals surface area contributed by atoms with Gasteiger partial charge in [-0.3, -0.25) is 9.20 Å². The second-order valence-electron chi connectivity index (χ2n) is 7.57. The average Bonchev–Trinajstić information content (AvgIpc) is 3.32. The van der Waals surface area contributed by atoms with E-state index >= 15 is 0 Å². The Hall–Kier alpha value is -2.97. The predicted octanol–water partition coefficient (Wildman–Crippen LogP) is 5.60. The largest absolute Gasteiger partial charge is 0.465 e. The van der Waals surface area contributed by atoms with Gasteiger partial charge in [0.2, 0.25) is 0 Å². The van der Waals surface area contributed by atoms with Crippen molar-refractivity contribution in [2.45, 2.75) is 32.7 Å². The van der Waals surface area contributed by atoms with Gasteiger partial charge in [0.1, 0.15) is 27.5 Å². The maximum absolute atomic E-state index is 12.2. The first kappa shape index (κ1) is 23.2. The number of aryl methyl sites for hydroxylation is 1. The van der Waals surface area contributed by atoms with Crippen LogP contribution in [0.5, 0.6) is 0 Å². The molecular weight excluding hydrogens is 508 g/mol. The molecule has 0 aliphatic heterocycles. The maximum atomic E-state index is 12.2. The van der Waals surface area contributed by atoms with E-state index in [0.717, 1.165) is 36.9 Å². The van der Waals surface area contributed by atoms with Crippen LogP contribution >= 0.6 is 27.5 Å². The minimum atomic E-state index is -0.423. The number of carbonyl (C=O) groups is 2. The number of esters is 1. The van der Waals surface area contributed by atoms with Gasteiger partial charge >= 0.3 is 5.97 Å². The zero-order valence-corrected chi connectivity index (χ0v) is 20.6. The normalized spacial score (nSPS) is 11.2. The van der Waals surface area contributed by atoms with Gasteiger partial charge in [0, 0.05) is 18.2 Å². The summed E-state index contributed by atoms with van der Waals surface area (Å²) in [6.07, 6.45) is 5.42. The van der Waals surface area contributed by atoms with E-state index in [0.29, 0.717) is 39.3 Å². The zero-order valence-electron chi connectivity index (χ0n) is 18.2. The van der Waals surface area contributed by atoms with Crippen molar-refractivity contribution in [3.63, 3.8) is 0 Å². The van der Waals surface area contributed by atoms with Crippen molar-refractivity contribution >= 4 is 45.4 Å². The number of unbranched alkanes of at least 4 members (excludes halogenated alkanes) is 1. The summed E-state index contributed by atoms with van der Waals surface area (Å²) < 4.78 is 9.41. The Morgan fingerprint density at radius 3 is 2.73 bits per heavy atom. The predicted molar refractivity (Wildman–Crippen MR) is 130 cm³/mol. The smallest absolute Gasteiger partial charge is 0.338 e. The molecule has 0 aliphatic rings. The van der Waals surface area contributed by atoms with E-state index < -0.39 is 5.97 Å². The van der Waals surface area contributed by atoms with E-state index in [4.69, 9.17) is 21.3 Å². The van der Waals surface area contributed by atoms with Crippen molar-refractivity contribution in [3.05, 3.63) is 75.0 Å². The van der Waals surface area contributed by atoms with Crippen molar-refractivity contribution in [1.82, 2.24) is 18.9 Å². The van der Waals surface area contributed by atoms with E-state index in [9.17, 15) is 9.59 Å². The van der Waals surface area contributed by atoms with E-state index in [1.54, 1.807) is 12.1 Å². The second-order valence-corrected chi connectivity index (χ2v) is 8.67. The van der Waals surface area contributed by atoms with Gasteiger partial charge in [-0.1, -0.05) is 49.2 Å². The second kappa shape index (κ2) is 9.89. The number of imidazole rings is 2. The molecule has 4 aromatic rings. The number of pyridine rings is 1. The first-order chi connectivity index (χ1) is 16.0. The van der Waals surface area contributed by atoms with Gasteiger partial charge in [0.05, 0.1) is 19.2 Å². The van der Waals surface area contributed by atoms with Crippen LogP contribution < -0.4 is 0 Å². The third-order valence-corrected chi connectivity index (χ3v) is 6.49. The highest BCUT2D eigenvalue weighted by Crippen LogP contribution is 2.32. The number of hydrogen-bond donors (Lipinski definition) is 0. The Labute approximate surface area is 204 Å². The number of fused-ring (bicyclic) bond motifs is 1. The molecule has 3 aromatic heterocycles. The molecule has 0 fully saturated rings. The van der Waals surface area contributed by atoms with Gasteiger partial charge in [0.25, 0.3) is 0 Å². The lowest BCUT2D eigenvalue weighted by atomic mass is 10.1. The Kier molecular flexibility index (Phi) is 6.95. The summed E-state index contributed by atoms with van der Waals surface area (Å²) in [6, 6.07) is 11.0. The highest BCUT2D eigenvalue weighted by atomic mass is 79.9. The number of rotatable bonds is 8. The van der Waals surface area contributed by atoms with Crippen LogP contribution in [0, 0.1) is 0 Å². The molecule has 4 rings (SSSR count). The third kappa shape index (κ3) is 4.45. The first-order valence-corrected chi connectivity index (χ1v) is 11.7. The fourth-order valence-electron chi connectivity index (χ4n) is 3.78. The molecule has 7 nitrogen and oxygen atoms in total. The number of hydrogen-bond acceptors (Lipinski definition) is 5. The topological polar surface area (TPSA) is 78.5 Å². The summed E-state index contributed by atoms with van der Waals surface area (Å²) in [6.45, 7) is 2.55. The lowest BCUT2D eigenvalue weighted by Gasteiger charge is -2.10. The number of aromatic nitrogens is 4. The van der Waals surface area contributed by atoms with E-state index in [1.807, 2.05) is 39.4 Å². The molecule has 0 bridgehead atoms. The molecule has 0 N–H and O–H groups in total. The molecule has 0 radical (unpaired) electrons. The molecular formula is C24H22BrClN4O3. The molecule has 0 atom stereocenters. The highest BCUT2D eigenvalue weighted by Gasteiger charge is 2.20. The highest BCUT2D eigenvalue weighted by molar-refractivity contribution is 9.10. The van der Waals surface area contributed by atoms with Gasteiger partial charge in [-0.25, -0.2) is 14.8 Å². The fraction of sp³-hybridized carbons (Fsp3) is 0.250. The molecule has 33 heavy (non-hydrogen) atoms. The molecule has 0 spiro atoms. The molecule has 170 valence electrons. The van der Waals surface area contributed by atoms with Crippen LogP contribution in [0.4, 0.5) is 0 Å². The average molecular weight is 530 g/mol. The van der Waals surface area contributed by atoms with E-state index in [-0.39, 0.29) is 5.15 Å². The van der Waals surface area contributed by atoms with Gasteiger partial charge < -0.3 is 9.30 Å². The number of methoxy groups -OCH3 is 1. The van der Waals surface area contributed by atoms with Crippen molar-refractivity contribution in [2.24, 2.45) is 0 Å². The van der Waals surface area contributed by atoms with E-state index in [2.05, 4.69) is 27.8 Å². The van der Waals surface area contributed by atoms with Crippen LogP contribution in [0.25, 0.3) is 16.9 Å². The van der Waals surface area contributed by atoms with E-state index in [1.165, 1.54) is 7.11 Å². The summed E-state index contributed by atoms with van der Waals surface area (Å²) >= 11 is 9.86. The molecule has 9 heteroatoms. The Morgan fingerprint density at radius 1 is 1.21 bits per heavy atom. The molecule has 0 aliphatic carbocycles. The summed E-state index contributed by atoms with van der Waals surface area (Å²) in [5.74, 6) is 0.370. The number of aldehydes is 1. The maximum Gasteiger partial charge on any atom is 0.338 e. The summed E-state index contributed by atoms with van der Waals surface area (Å²) in [7, 11) is 1.36. The van der Waals surface area contributed by atoms with Crippen LogP contribution in [0.15, 0.2) is 47.2 Å². The molecule has 0 saturated carbocycles. The molecule has 0 unspecified atom stereocenters. The fourth-order valence-corrected chi connectivity index (χ4v) is 4.61. The Morgan fingerprint density at radius 2 is 2.00 bits per heavy atom. The molecule has 0 saturated heterocycles. The van der Waals surface area contributed by atoms with Gasteiger partial charge in [0.15, 0.2) is 11.4 Å². The number of nitrogens with zero attached hydrogens (tertiary/aromatic N) is 4. The van der Waals surface area contributed by atoms with Crippen molar-refractivity contribution in [3.8, 4) is 11.3 Å². The quantitative estimate of drug-likeness (QED) is 0.219. The zero-order chi connectivity index (χ0) is 23.5. The summed E-state index contributed by atoms with van der Waals surface area (Å²) in [4.78, 5) is 33.0. The standard InChI is InChI=1S/C24H22BrClN4O3/c1-3-4-9-19-28-23(26)18(14-31)29(19)12-15-10-11-20-27-21(22(25)30(20)13-15)16-7-5-6-8-17(16)24(32)33-2/h5-8,10-11,13-14H,3-4,9,12H2,1-2H3. The number of ether oxygens (including phenoxy) is 1. The van der Waals surface area contributed by atoms with Crippen LogP contribution in [-0.2, 0) is 17.7 Å². The van der Waals surface area contributed by atoms with Crippen LogP contribution in [0.2, 0.25) is 5.15 Å². The van der Waals surface area contributed by atoms with Crippen LogP contribution in [-0.4, -0.2) is 38.3 Å². The Bertz CT molecular complexity index is 1350. The molecule has 0 amide bonds. The third-order valence-electron chi connectivity index (χ3n) is 5.46. The lowest BCUT2D eigenvalue weighted by Crippen LogP contribution is -2.09. The molecule has 1 aromatic carbocycles. The van der Waals surface area contributed by atoms with Crippen LogP contribution in [0.1, 0.15) is 52.0 Å². The minimum absolute atomic E-state index is 0.225. The first-order valence-electron chi connectivity index (χ1n) is 10.5.